The van der Waals surface area contributed by atoms with Gasteiger partial charge in [-0.2, -0.15) is 0 Å². The van der Waals surface area contributed by atoms with Crippen molar-refractivity contribution in [2.45, 2.75) is 27.2 Å². The third-order valence-electron chi connectivity index (χ3n) is 3.44. The summed E-state index contributed by atoms with van der Waals surface area (Å²) in [6, 6.07) is 3.69. The quantitative estimate of drug-likeness (QED) is 0.365. The zero-order valence-corrected chi connectivity index (χ0v) is 15.1. The Morgan fingerprint density at radius 2 is 1.92 bits per heavy atom. The van der Waals surface area contributed by atoms with E-state index >= 15 is 0 Å². The lowest BCUT2D eigenvalue weighted by Gasteiger charge is -2.26. The molecule has 0 radical (unpaired) electrons. The van der Waals surface area contributed by atoms with E-state index in [1.165, 1.54) is 6.92 Å². The Morgan fingerprint density at radius 1 is 1.21 bits per heavy atom. The maximum Gasteiger partial charge on any atom is 0.221 e. The lowest BCUT2D eigenvalue weighted by molar-refractivity contribution is -0.114. The molecule has 7 nitrogen and oxygen atoms in total. The summed E-state index contributed by atoms with van der Waals surface area (Å²) < 4.78 is 10.3. The highest BCUT2D eigenvalue weighted by molar-refractivity contribution is 5.95. The lowest BCUT2D eigenvalue weighted by Crippen LogP contribution is -2.27. The average molecular weight is 339 g/mol. The second-order valence-corrected chi connectivity index (χ2v) is 5.20. The van der Waals surface area contributed by atoms with Crippen LogP contribution < -0.4 is 16.1 Å². The minimum absolute atomic E-state index is 0.149. The van der Waals surface area contributed by atoms with Crippen molar-refractivity contribution in [3.63, 3.8) is 0 Å². The summed E-state index contributed by atoms with van der Waals surface area (Å²) >= 11 is 0. The Bertz CT molecular complexity index is 523. The van der Waals surface area contributed by atoms with Crippen molar-refractivity contribution >= 4 is 23.0 Å². The Balaban J connectivity index is 2.82. The fourth-order valence-electron chi connectivity index (χ4n) is 2.35. The Hall–Kier alpha value is -1.83. The molecule has 24 heavy (non-hydrogen) atoms. The van der Waals surface area contributed by atoms with Gasteiger partial charge in [-0.15, -0.1) is 0 Å². The summed E-state index contributed by atoms with van der Waals surface area (Å²) in [6.07, 6.45) is 0.722. The van der Waals surface area contributed by atoms with Gasteiger partial charge < -0.3 is 20.5 Å². The van der Waals surface area contributed by atoms with Gasteiger partial charge in [0.1, 0.15) is 0 Å². The van der Waals surface area contributed by atoms with E-state index in [1.54, 1.807) is 18.2 Å². The van der Waals surface area contributed by atoms with Gasteiger partial charge in [0.2, 0.25) is 5.91 Å². The zero-order valence-electron chi connectivity index (χ0n) is 15.1. The number of carbonyl (C=O) groups is 1. The van der Waals surface area contributed by atoms with Crippen molar-refractivity contribution in [3.8, 4) is 0 Å². The number of nitrogens with one attached hydrogen (secondary N) is 1. The van der Waals surface area contributed by atoms with Crippen molar-refractivity contribution in [2.75, 3.05) is 56.2 Å². The SMILES string of the molecule is CCc1c(N(CC)OCCOCCOC)ccc(N)c1NC(C)=O. The molecule has 0 atom stereocenters. The van der Waals surface area contributed by atoms with E-state index in [2.05, 4.69) is 5.32 Å². The number of amides is 1. The molecule has 0 fully saturated rings. The van der Waals surface area contributed by atoms with Crippen LogP contribution in [-0.4, -0.2) is 46.0 Å². The first-order valence-electron chi connectivity index (χ1n) is 8.21. The fourth-order valence-corrected chi connectivity index (χ4v) is 2.35. The van der Waals surface area contributed by atoms with Crippen LogP contribution in [0.2, 0.25) is 0 Å². The molecular formula is C17H29N3O4. The van der Waals surface area contributed by atoms with Crippen LogP contribution in [0, 0.1) is 0 Å². The Morgan fingerprint density at radius 3 is 2.50 bits per heavy atom. The third kappa shape index (κ3) is 5.99. The summed E-state index contributed by atoms with van der Waals surface area (Å²) in [5, 5.41) is 4.61. The zero-order chi connectivity index (χ0) is 17.9. The maximum atomic E-state index is 11.4. The van der Waals surface area contributed by atoms with Gasteiger partial charge in [-0.25, -0.2) is 0 Å². The molecule has 0 heterocycles. The highest BCUT2D eigenvalue weighted by atomic mass is 16.7. The number of nitrogens with zero attached hydrogens (tertiary/aromatic N) is 1. The molecule has 1 aromatic carbocycles. The van der Waals surface area contributed by atoms with Crippen LogP contribution in [0.5, 0.6) is 0 Å². The van der Waals surface area contributed by atoms with Crippen LogP contribution in [0.1, 0.15) is 26.3 Å². The van der Waals surface area contributed by atoms with Crippen molar-refractivity contribution in [3.05, 3.63) is 17.7 Å². The van der Waals surface area contributed by atoms with E-state index in [0.29, 0.717) is 44.3 Å². The smallest absolute Gasteiger partial charge is 0.221 e. The highest BCUT2D eigenvalue weighted by Crippen LogP contribution is 2.33. The molecule has 1 aromatic rings. The molecule has 0 unspecified atom stereocenters. The molecule has 3 N–H and O–H groups in total. The molecule has 136 valence electrons. The minimum Gasteiger partial charge on any atom is -0.397 e. The predicted octanol–water partition coefficient (Wildman–Crippen LogP) is 2.21. The molecule has 0 aliphatic rings. The van der Waals surface area contributed by atoms with Gasteiger partial charge in [-0.05, 0) is 25.5 Å². The van der Waals surface area contributed by atoms with Crippen LogP contribution in [0.25, 0.3) is 0 Å². The monoisotopic (exact) mass is 339 g/mol. The molecule has 0 saturated carbocycles. The Labute approximate surface area is 144 Å². The number of benzene rings is 1. The molecule has 0 saturated heterocycles. The van der Waals surface area contributed by atoms with Crippen LogP contribution >= 0.6 is 0 Å². The number of rotatable bonds is 11. The van der Waals surface area contributed by atoms with Gasteiger partial charge in [0.25, 0.3) is 0 Å². The van der Waals surface area contributed by atoms with E-state index in [-0.39, 0.29) is 5.91 Å². The maximum absolute atomic E-state index is 11.4. The summed E-state index contributed by atoms with van der Waals surface area (Å²) in [5.41, 5.74) is 9.07. The number of methoxy groups -OCH3 is 1. The van der Waals surface area contributed by atoms with Gasteiger partial charge in [0, 0.05) is 26.1 Å². The van der Waals surface area contributed by atoms with Crippen LogP contribution in [0.15, 0.2) is 12.1 Å². The molecular weight excluding hydrogens is 310 g/mol. The van der Waals surface area contributed by atoms with Crippen LogP contribution in [0.3, 0.4) is 0 Å². The van der Waals surface area contributed by atoms with E-state index in [4.69, 9.17) is 20.0 Å². The van der Waals surface area contributed by atoms with Gasteiger partial charge in [0.05, 0.1) is 43.5 Å². The molecule has 7 heteroatoms. The number of ether oxygens (including phenoxy) is 2. The fraction of sp³-hybridized carbons (Fsp3) is 0.588. The van der Waals surface area contributed by atoms with Crippen molar-refractivity contribution in [1.29, 1.82) is 0 Å². The van der Waals surface area contributed by atoms with Gasteiger partial charge in [-0.3, -0.25) is 14.7 Å². The van der Waals surface area contributed by atoms with E-state index in [9.17, 15) is 4.79 Å². The van der Waals surface area contributed by atoms with Crippen LogP contribution in [0.4, 0.5) is 17.1 Å². The number of hydrogen-bond donors (Lipinski definition) is 2. The first kappa shape index (κ1) is 20.2. The molecule has 0 aromatic heterocycles. The minimum atomic E-state index is -0.149. The molecule has 0 bridgehead atoms. The molecule has 0 aliphatic carbocycles. The van der Waals surface area contributed by atoms with Gasteiger partial charge in [0.15, 0.2) is 0 Å². The molecule has 1 rings (SSSR count). The first-order valence-corrected chi connectivity index (χ1v) is 8.21. The standard InChI is InChI=1S/C17H29N3O4/c1-5-14-16(8-7-15(18)17(14)19-13(3)21)20(6-2)24-12-11-23-10-9-22-4/h7-8H,5-6,9-12,18H2,1-4H3,(H,19,21). The first-order chi connectivity index (χ1) is 11.5. The average Bonchev–Trinajstić information content (AvgIpc) is 2.56. The summed E-state index contributed by atoms with van der Waals surface area (Å²) in [5.74, 6) is -0.149. The number of nitrogen functional groups attached to an aromatic ring is 1. The van der Waals surface area contributed by atoms with E-state index < -0.39 is 0 Å². The predicted molar refractivity (Wildman–Crippen MR) is 96.2 cm³/mol. The molecule has 0 aliphatic heterocycles. The number of nitrogens with two attached hydrogens (primary N) is 1. The van der Waals surface area contributed by atoms with Crippen molar-refractivity contribution in [1.82, 2.24) is 0 Å². The number of hydrogen-bond acceptors (Lipinski definition) is 6. The normalized spacial score (nSPS) is 10.7. The van der Waals surface area contributed by atoms with E-state index in [0.717, 1.165) is 17.7 Å². The summed E-state index contributed by atoms with van der Waals surface area (Å²) in [7, 11) is 1.64. The second-order valence-electron chi connectivity index (χ2n) is 5.20. The Kier molecular flexibility index (Phi) is 9.14. The highest BCUT2D eigenvalue weighted by Gasteiger charge is 2.16. The third-order valence-corrected chi connectivity index (χ3v) is 3.44. The van der Waals surface area contributed by atoms with E-state index in [1.807, 2.05) is 19.9 Å². The second kappa shape index (κ2) is 10.9. The number of hydroxylamine groups is 1. The summed E-state index contributed by atoms with van der Waals surface area (Å²) in [4.78, 5) is 17.3. The summed E-state index contributed by atoms with van der Waals surface area (Å²) in [6.45, 7) is 8.17. The number of carbonyl (C=O) groups excluding carboxylic acids is 1. The lowest BCUT2D eigenvalue weighted by atomic mass is 10.1. The number of anilines is 3. The topological polar surface area (TPSA) is 86.1 Å². The largest absolute Gasteiger partial charge is 0.397 e. The van der Waals surface area contributed by atoms with Crippen molar-refractivity contribution in [2.24, 2.45) is 0 Å². The van der Waals surface area contributed by atoms with Crippen LogP contribution in [-0.2, 0) is 25.5 Å². The van der Waals surface area contributed by atoms with Gasteiger partial charge >= 0.3 is 0 Å². The van der Waals surface area contributed by atoms with Gasteiger partial charge in [-0.1, -0.05) is 6.92 Å². The van der Waals surface area contributed by atoms with Crippen molar-refractivity contribution < 1.29 is 19.1 Å². The molecule has 0 spiro atoms. The molecule has 1 amide bonds.